The molecular weight excluding hydrogens is 216 g/mol. The second-order valence-electron chi connectivity index (χ2n) is 5.07. The van der Waals surface area contributed by atoms with Gasteiger partial charge in [0.05, 0.1) is 11.7 Å². The topological polar surface area (TPSA) is 47.3 Å². The molecule has 96 valence electrons. The van der Waals surface area contributed by atoms with Crippen LogP contribution in [-0.2, 0) is 17.7 Å². The van der Waals surface area contributed by atoms with Gasteiger partial charge in [-0.25, -0.2) is 4.98 Å². The fourth-order valence-corrected chi connectivity index (χ4v) is 2.55. The summed E-state index contributed by atoms with van der Waals surface area (Å²) in [5.74, 6) is 0.989. The number of hydrogen-bond acceptors (Lipinski definition) is 3. The smallest absolute Gasteiger partial charge is 0.111 e. The minimum absolute atomic E-state index is 0.142. The first-order valence-electron chi connectivity index (χ1n) is 6.47. The van der Waals surface area contributed by atoms with Crippen LogP contribution in [0.1, 0.15) is 38.9 Å². The van der Waals surface area contributed by atoms with Crippen molar-refractivity contribution in [3.05, 3.63) is 18.2 Å². The third-order valence-electron chi connectivity index (χ3n) is 3.39. The lowest BCUT2D eigenvalue weighted by Gasteiger charge is -2.35. The van der Waals surface area contributed by atoms with Crippen molar-refractivity contribution in [1.82, 2.24) is 9.55 Å². The van der Waals surface area contributed by atoms with Crippen molar-refractivity contribution in [2.24, 2.45) is 0 Å². The summed E-state index contributed by atoms with van der Waals surface area (Å²) in [6.07, 6.45) is 7.07. The van der Waals surface area contributed by atoms with E-state index in [0.29, 0.717) is 25.9 Å². The zero-order valence-electron chi connectivity index (χ0n) is 10.7. The van der Waals surface area contributed by atoms with Crippen molar-refractivity contribution in [2.75, 3.05) is 6.61 Å². The Morgan fingerprint density at radius 2 is 2.47 bits per heavy atom. The number of aryl methyl sites for hydroxylation is 1. The highest BCUT2D eigenvalue weighted by atomic mass is 16.5. The lowest BCUT2D eigenvalue weighted by atomic mass is 9.87. The zero-order chi connectivity index (χ0) is 12.3. The van der Waals surface area contributed by atoms with E-state index in [-0.39, 0.29) is 6.10 Å². The Kier molecular flexibility index (Phi) is 3.84. The van der Waals surface area contributed by atoms with Gasteiger partial charge in [-0.2, -0.15) is 0 Å². The number of aliphatic hydroxyl groups is 1. The Labute approximate surface area is 103 Å². The minimum Gasteiger partial charge on any atom is -0.389 e. The second-order valence-corrected chi connectivity index (χ2v) is 5.07. The molecule has 1 aromatic heterocycles. The fraction of sp³-hybridized carbons (Fsp3) is 0.769. The Morgan fingerprint density at radius 3 is 3.18 bits per heavy atom. The monoisotopic (exact) mass is 238 g/mol. The van der Waals surface area contributed by atoms with Gasteiger partial charge >= 0.3 is 0 Å². The van der Waals surface area contributed by atoms with Crippen molar-refractivity contribution >= 4 is 0 Å². The van der Waals surface area contributed by atoms with Crippen LogP contribution >= 0.6 is 0 Å². The predicted molar refractivity (Wildman–Crippen MR) is 65.8 cm³/mol. The average Bonchev–Trinajstić information content (AvgIpc) is 2.65. The van der Waals surface area contributed by atoms with Crippen molar-refractivity contribution in [3.63, 3.8) is 0 Å². The summed E-state index contributed by atoms with van der Waals surface area (Å²) in [5.41, 5.74) is -0.644. The summed E-state index contributed by atoms with van der Waals surface area (Å²) >= 11 is 0. The van der Waals surface area contributed by atoms with Gasteiger partial charge < -0.3 is 14.4 Å². The Balaban J connectivity index is 2.05. The average molecular weight is 238 g/mol. The molecule has 1 aliphatic heterocycles. The van der Waals surface area contributed by atoms with Gasteiger partial charge in [-0.1, -0.05) is 6.92 Å². The van der Waals surface area contributed by atoms with Crippen LogP contribution in [0.15, 0.2) is 12.4 Å². The molecule has 0 radical (unpaired) electrons. The number of imidazole rings is 1. The van der Waals surface area contributed by atoms with Gasteiger partial charge in [0.15, 0.2) is 0 Å². The summed E-state index contributed by atoms with van der Waals surface area (Å²) < 4.78 is 7.62. The Hall–Kier alpha value is -0.870. The number of hydrogen-bond donors (Lipinski definition) is 1. The molecule has 1 aliphatic rings. The van der Waals surface area contributed by atoms with Crippen LogP contribution in [0.4, 0.5) is 0 Å². The molecule has 17 heavy (non-hydrogen) atoms. The van der Waals surface area contributed by atoms with Gasteiger partial charge in [0.2, 0.25) is 0 Å². The van der Waals surface area contributed by atoms with Gasteiger partial charge in [0, 0.05) is 44.8 Å². The van der Waals surface area contributed by atoms with E-state index in [1.54, 1.807) is 0 Å². The summed E-state index contributed by atoms with van der Waals surface area (Å²) in [6.45, 7) is 5.78. The van der Waals surface area contributed by atoms with Crippen LogP contribution in [0.2, 0.25) is 0 Å². The number of rotatable bonds is 4. The molecule has 1 aromatic rings. The lowest BCUT2D eigenvalue weighted by molar-refractivity contribution is -0.0972. The molecular formula is C13H22N2O2. The highest BCUT2D eigenvalue weighted by molar-refractivity contribution is 5.00. The van der Waals surface area contributed by atoms with Crippen LogP contribution in [0, 0.1) is 0 Å². The molecule has 0 spiro atoms. The van der Waals surface area contributed by atoms with Gasteiger partial charge in [-0.05, 0) is 13.3 Å². The Bertz CT molecular complexity index is 364. The van der Waals surface area contributed by atoms with E-state index in [9.17, 15) is 5.11 Å². The molecule has 0 saturated carbocycles. The molecule has 2 unspecified atom stereocenters. The summed E-state index contributed by atoms with van der Waals surface area (Å²) in [5, 5.41) is 10.6. The zero-order valence-corrected chi connectivity index (χ0v) is 10.7. The summed E-state index contributed by atoms with van der Waals surface area (Å²) in [7, 11) is 0. The van der Waals surface area contributed by atoms with Gasteiger partial charge in [0.1, 0.15) is 5.82 Å². The van der Waals surface area contributed by atoms with E-state index in [1.807, 2.05) is 19.3 Å². The molecule has 4 heteroatoms. The van der Waals surface area contributed by atoms with E-state index in [1.165, 1.54) is 0 Å². The largest absolute Gasteiger partial charge is 0.389 e. The normalized spacial score (nSPS) is 29.5. The van der Waals surface area contributed by atoms with Crippen molar-refractivity contribution in [2.45, 2.75) is 57.8 Å². The predicted octanol–water partition coefficient (Wildman–Crippen LogP) is 1.77. The van der Waals surface area contributed by atoms with Crippen LogP contribution in [0.25, 0.3) is 0 Å². The maximum absolute atomic E-state index is 10.6. The molecule has 0 aromatic carbocycles. The third-order valence-corrected chi connectivity index (χ3v) is 3.39. The number of ether oxygens (including phenoxy) is 1. The van der Waals surface area contributed by atoms with E-state index >= 15 is 0 Å². The maximum Gasteiger partial charge on any atom is 0.111 e. The fourth-order valence-electron chi connectivity index (χ4n) is 2.55. The van der Waals surface area contributed by atoms with Crippen molar-refractivity contribution < 1.29 is 9.84 Å². The van der Waals surface area contributed by atoms with E-state index in [2.05, 4.69) is 16.5 Å². The van der Waals surface area contributed by atoms with Crippen molar-refractivity contribution in [3.8, 4) is 0 Å². The lowest BCUT2D eigenvalue weighted by Crippen LogP contribution is -2.42. The summed E-state index contributed by atoms with van der Waals surface area (Å²) in [6, 6.07) is 0. The summed E-state index contributed by atoms with van der Waals surface area (Å²) in [4.78, 5) is 4.36. The van der Waals surface area contributed by atoms with E-state index in [4.69, 9.17) is 4.74 Å². The van der Waals surface area contributed by atoms with E-state index in [0.717, 1.165) is 18.8 Å². The third kappa shape index (κ3) is 3.07. The Morgan fingerprint density at radius 1 is 1.65 bits per heavy atom. The maximum atomic E-state index is 10.6. The number of nitrogens with zero attached hydrogens (tertiary/aromatic N) is 2. The molecule has 1 fully saturated rings. The molecule has 2 heterocycles. The minimum atomic E-state index is -0.644. The molecule has 2 atom stereocenters. The van der Waals surface area contributed by atoms with Gasteiger partial charge in [-0.3, -0.25) is 0 Å². The molecule has 4 nitrogen and oxygen atoms in total. The highest BCUT2D eigenvalue weighted by Crippen LogP contribution is 2.27. The first-order valence-corrected chi connectivity index (χ1v) is 6.47. The molecule has 1 saturated heterocycles. The standard InChI is InChI=1S/C13H22N2O2/c1-3-6-15-7-5-14-12(15)10-13(16)4-8-17-11(2)9-13/h5,7,11,16H,3-4,6,8-10H2,1-2H3. The van der Waals surface area contributed by atoms with Gasteiger partial charge in [-0.15, -0.1) is 0 Å². The van der Waals surface area contributed by atoms with Gasteiger partial charge in [0.25, 0.3) is 0 Å². The molecule has 0 bridgehead atoms. The van der Waals surface area contributed by atoms with Crippen LogP contribution in [-0.4, -0.2) is 33.0 Å². The molecule has 0 aliphatic carbocycles. The van der Waals surface area contributed by atoms with Crippen molar-refractivity contribution in [1.29, 1.82) is 0 Å². The van der Waals surface area contributed by atoms with Crippen LogP contribution in [0.5, 0.6) is 0 Å². The molecule has 1 N–H and O–H groups in total. The van der Waals surface area contributed by atoms with Crippen LogP contribution < -0.4 is 0 Å². The van der Waals surface area contributed by atoms with E-state index < -0.39 is 5.60 Å². The number of aromatic nitrogens is 2. The van der Waals surface area contributed by atoms with Crippen LogP contribution in [0.3, 0.4) is 0 Å². The SMILES string of the molecule is CCCn1ccnc1CC1(O)CCOC(C)C1. The highest BCUT2D eigenvalue weighted by Gasteiger charge is 2.34. The second kappa shape index (κ2) is 5.19. The quantitative estimate of drug-likeness (QED) is 0.869. The molecule has 2 rings (SSSR count). The molecule has 0 amide bonds. The first-order chi connectivity index (χ1) is 8.13. The first kappa shape index (κ1) is 12.6.